The van der Waals surface area contributed by atoms with E-state index in [2.05, 4.69) is 98.9 Å². The van der Waals surface area contributed by atoms with Gasteiger partial charge in [-0.15, -0.1) is 0 Å². The first-order valence-electron chi connectivity index (χ1n) is 18.3. The lowest BCUT2D eigenvalue weighted by Crippen LogP contribution is -2.46. The van der Waals surface area contributed by atoms with Crippen LogP contribution < -0.4 is 0 Å². The number of likely N-dealkylation sites (tertiary alicyclic amines) is 4. The van der Waals surface area contributed by atoms with Gasteiger partial charge in [-0.1, -0.05) is 6.42 Å². The number of hydrogen-bond acceptors (Lipinski definition) is 6. The van der Waals surface area contributed by atoms with E-state index >= 15 is 0 Å². The minimum absolute atomic E-state index is 0.638. The Kier molecular flexibility index (Phi) is 15.1. The van der Waals surface area contributed by atoms with Crippen LogP contribution in [0.15, 0.2) is 0 Å². The van der Waals surface area contributed by atoms with Gasteiger partial charge in [-0.3, -0.25) is 4.90 Å². The topological polar surface area (TPSA) is 19.4 Å². The van der Waals surface area contributed by atoms with E-state index in [0.717, 1.165) is 24.2 Å². The summed E-state index contributed by atoms with van der Waals surface area (Å²) in [5.41, 5.74) is 0.638. The molecule has 4 aliphatic heterocycles. The van der Waals surface area contributed by atoms with Gasteiger partial charge in [0.05, 0.1) is 0 Å². The molecule has 4 saturated heterocycles. The monoisotopic (exact) mass is 591 g/mol. The summed E-state index contributed by atoms with van der Waals surface area (Å²) in [5, 5.41) is 0. The Morgan fingerprint density at radius 1 is 0.595 bits per heavy atom. The van der Waals surface area contributed by atoms with Crippen LogP contribution in [0, 0.1) is 5.41 Å². The van der Waals surface area contributed by atoms with Gasteiger partial charge in [0, 0.05) is 49.3 Å². The van der Waals surface area contributed by atoms with Crippen molar-refractivity contribution < 1.29 is 0 Å². The summed E-state index contributed by atoms with van der Waals surface area (Å²) in [4.78, 5) is 15.9. The SMILES string of the molecule is CC(C)N(C)CCCCCN(C)C1CCN(C(C)C)CC1.CC(C)N1CCC(N2CCC3(CCN(C(C)C)C3)C2)CC1. The Morgan fingerprint density at radius 3 is 1.64 bits per heavy atom. The summed E-state index contributed by atoms with van der Waals surface area (Å²) < 4.78 is 0. The fourth-order valence-electron chi connectivity index (χ4n) is 7.98. The normalized spacial score (nSPS) is 26.3. The number of rotatable bonds is 12. The van der Waals surface area contributed by atoms with Crippen molar-refractivity contribution in [2.75, 3.05) is 79.5 Å². The van der Waals surface area contributed by atoms with Crippen LogP contribution in [0.2, 0.25) is 0 Å². The van der Waals surface area contributed by atoms with Gasteiger partial charge in [-0.05, 0) is 179 Å². The van der Waals surface area contributed by atoms with Gasteiger partial charge >= 0.3 is 0 Å². The van der Waals surface area contributed by atoms with Crippen LogP contribution in [0.5, 0.6) is 0 Å². The Morgan fingerprint density at radius 2 is 1.12 bits per heavy atom. The summed E-state index contributed by atoms with van der Waals surface area (Å²) in [5.74, 6) is 0. The maximum Gasteiger partial charge on any atom is 0.0120 e. The van der Waals surface area contributed by atoms with Crippen molar-refractivity contribution in [3.63, 3.8) is 0 Å². The second-order valence-electron chi connectivity index (χ2n) is 15.9. The molecule has 4 rings (SSSR count). The number of hydrogen-bond donors (Lipinski definition) is 0. The zero-order chi connectivity index (χ0) is 30.9. The first-order valence-corrected chi connectivity index (χ1v) is 18.3. The average Bonchev–Trinajstić information content (AvgIpc) is 3.59. The molecule has 42 heavy (non-hydrogen) atoms. The maximum atomic E-state index is 2.85. The van der Waals surface area contributed by atoms with Crippen molar-refractivity contribution in [2.45, 2.75) is 149 Å². The summed E-state index contributed by atoms with van der Waals surface area (Å²) in [6.45, 7) is 31.7. The molecule has 4 fully saturated rings. The number of nitrogens with zero attached hydrogens (tertiary/aromatic N) is 6. The van der Waals surface area contributed by atoms with Crippen molar-refractivity contribution >= 4 is 0 Å². The fraction of sp³-hybridized carbons (Fsp3) is 1.00. The van der Waals surface area contributed by atoms with E-state index in [-0.39, 0.29) is 0 Å². The van der Waals surface area contributed by atoms with E-state index < -0.39 is 0 Å². The van der Waals surface area contributed by atoms with E-state index in [1.807, 2.05) is 0 Å². The van der Waals surface area contributed by atoms with Crippen LogP contribution in [0.3, 0.4) is 0 Å². The summed E-state index contributed by atoms with van der Waals surface area (Å²) in [7, 11) is 4.56. The highest BCUT2D eigenvalue weighted by molar-refractivity contribution is 4.99. The highest BCUT2D eigenvalue weighted by Gasteiger charge is 2.45. The molecular formula is C36H74N6. The van der Waals surface area contributed by atoms with Crippen LogP contribution in [0.4, 0.5) is 0 Å². The summed E-state index contributed by atoms with van der Waals surface area (Å²) in [6.07, 6.45) is 12.4. The summed E-state index contributed by atoms with van der Waals surface area (Å²) in [6, 6.07) is 4.54. The summed E-state index contributed by atoms with van der Waals surface area (Å²) >= 11 is 0. The molecule has 0 N–H and O–H groups in total. The molecule has 0 aromatic rings. The van der Waals surface area contributed by atoms with Gasteiger partial charge in [0.2, 0.25) is 0 Å². The Hall–Kier alpha value is -0.240. The zero-order valence-corrected chi connectivity index (χ0v) is 30.1. The lowest BCUT2D eigenvalue weighted by molar-refractivity contribution is 0.0981. The minimum atomic E-state index is 0.638. The molecule has 0 aromatic carbocycles. The quantitative estimate of drug-likeness (QED) is 0.259. The standard InChI is InChI=1S/C18H35N3.C18H39N3/c1-15(2)19-9-5-17(6-10-19)21-12-8-18(14-21)7-11-20(13-18)16(3)4;1-16(2)19(5)12-8-7-9-13-20(6)18-10-14-21(15-11-18)17(3)4/h15-17H,5-14H2,1-4H3;16-18H,7-15H2,1-6H3. The largest absolute Gasteiger partial charge is 0.304 e. The molecule has 4 heterocycles. The molecule has 248 valence electrons. The molecule has 1 atom stereocenters. The molecule has 6 heteroatoms. The van der Waals surface area contributed by atoms with Crippen LogP contribution in [-0.2, 0) is 0 Å². The molecule has 1 unspecified atom stereocenters. The van der Waals surface area contributed by atoms with Gasteiger partial charge in [0.1, 0.15) is 0 Å². The third kappa shape index (κ3) is 11.0. The molecule has 0 aliphatic carbocycles. The van der Waals surface area contributed by atoms with Gasteiger partial charge < -0.3 is 24.5 Å². The Bertz CT molecular complexity index is 724. The minimum Gasteiger partial charge on any atom is -0.304 e. The average molecular weight is 591 g/mol. The van der Waals surface area contributed by atoms with Gasteiger partial charge in [0.25, 0.3) is 0 Å². The van der Waals surface area contributed by atoms with Crippen LogP contribution in [0.25, 0.3) is 0 Å². The Labute approximate surface area is 263 Å². The van der Waals surface area contributed by atoms with Crippen molar-refractivity contribution in [3.05, 3.63) is 0 Å². The molecule has 1 spiro atoms. The van der Waals surface area contributed by atoms with Gasteiger partial charge in [0.15, 0.2) is 0 Å². The molecule has 0 amide bonds. The fourth-order valence-corrected chi connectivity index (χ4v) is 7.98. The van der Waals surface area contributed by atoms with E-state index in [1.165, 1.54) is 123 Å². The molecule has 4 aliphatic rings. The van der Waals surface area contributed by atoms with Crippen LogP contribution >= 0.6 is 0 Å². The second kappa shape index (κ2) is 17.5. The number of unbranched alkanes of at least 4 members (excludes halogenated alkanes) is 2. The highest BCUT2D eigenvalue weighted by Crippen LogP contribution is 2.41. The van der Waals surface area contributed by atoms with E-state index in [4.69, 9.17) is 0 Å². The van der Waals surface area contributed by atoms with Gasteiger partial charge in [-0.25, -0.2) is 0 Å². The number of piperidine rings is 2. The first-order chi connectivity index (χ1) is 19.9. The second-order valence-corrected chi connectivity index (χ2v) is 15.9. The lowest BCUT2D eigenvalue weighted by Gasteiger charge is -2.39. The molecular weight excluding hydrogens is 516 g/mol. The van der Waals surface area contributed by atoms with Crippen molar-refractivity contribution in [2.24, 2.45) is 5.41 Å². The van der Waals surface area contributed by atoms with Crippen LogP contribution in [0.1, 0.15) is 113 Å². The Balaban J connectivity index is 0.000000230. The molecule has 0 saturated carbocycles. The zero-order valence-electron chi connectivity index (χ0n) is 30.1. The maximum absolute atomic E-state index is 2.85. The molecule has 0 bridgehead atoms. The molecule has 0 radical (unpaired) electrons. The smallest absolute Gasteiger partial charge is 0.0120 e. The van der Waals surface area contributed by atoms with E-state index in [9.17, 15) is 0 Å². The third-order valence-corrected chi connectivity index (χ3v) is 11.7. The van der Waals surface area contributed by atoms with Crippen molar-refractivity contribution in [1.29, 1.82) is 0 Å². The van der Waals surface area contributed by atoms with Crippen molar-refractivity contribution in [3.8, 4) is 0 Å². The molecule has 0 aromatic heterocycles. The van der Waals surface area contributed by atoms with Gasteiger partial charge in [-0.2, -0.15) is 0 Å². The lowest BCUT2D eigenvalue weighted by atomic mass is 9.86. The molecule has 6 nitrogen and oxygen atoms in total. The predicted octanol–water partition coefficient (Wildman–Crippen LogP) is 5.97. The van der Waals surface area contributed by atoms with E-state index in [0.29, 0.717) is 17.5 Å². The predicted molar refractivity (Wildman–Crippen MR) is 184 cm³/mol. The van der Waals surface area contributed by atoms with Crippen LogP contribution in [-0.4, -0.2) is 145 Å². The first kappa shape index (κ1) is 36.2. The van der Waals surface area contributed by atoms with E-state index in [1.54, 1.807) is 0 Å². The third-order valence-electron chi connectivity index (χ3n) is 11.7. The highest BCUT2D eigenvalue weighted by atomic mass is 15.3. The van der Waals surface area contributed by atoms with Crippen molar-refractivity contribution in [1.82, 2.24) is 29.4 Å².